The average molecular weight is 366 g/mol. The summed E-state index contributed by atoms with van der Waals surface area (Å²) in [5.41, 5.74) is 2.25. The average Bonchev–Trinajstić information content (AvgIpc) is 2.56. The monoisotopic (exact) mass is 365 g/mol. The van der Waals surface area contributed by atoms with Crippen molar-refractivity contribution >= 4 is 21.6 Å². The topological polar surface area (TPSA) is 41.8 Å². The molecule has 1 aliphatic rings. The molecule has 0 bridgehead atoms. The van der Waals surface area contributed by atoms with Crippen molar-refractivity contribution < 1.29 is 13.3 Å². The predicted molar refractivity (Wildman–Crippen MR) is 95.8 cm³/mol. The van der Waals surface area contributed by atoms with Gasteiger partial charge in [-0.05, 0) is 31.2 Å². The summed E-state index contributed by atoms with van der Waals surface area (Å²) >= 11 is 6.03. The molecule has 0 aromatic heterocycles. The maximum Gasteiger partial charge on any atom is 0.243 e. The molecule has 1 fully saturated rings. The van der Waals surface area contributed by atoms with E-state index in [4.69, 9.17) is 11.6 Å². The minimum Gasteiger partial charge on any atom is -0.329 e. The first kappa shape index (κ1) is 17.4. The molecule has 4 nitrogen and oxygen atoms in total. The van der Waals surface area contributed by atoms with Crippen molar-refractivity contribution in [2.24, 2.45) is 0 Å². The highest BCUT2D eigenvalue weighted by Gasteiger charge is 2.30. The van der Waals surface area contributed by atoms with Gasteiger partial charge >= 0.3 is 0 Å². The van der Waals surface area contributed by atoms with Crippen LogP contribution < -0.4 is 4.90 Å². The number of halogens is 1. The lowest BCUT2D eigenvalue weighted by atomic mass is 10.2. The van der Waals surface area contributed by atoms with Gasteiger partial charge in [-0.3, -0.25) is 0 Å². The molecule has 1 saturated heterocycles. The summed E-state index contributed by atoms with van der Waals surface area (Å²) in [5.74, 6) is 0. The number of sulfonamides is 1. The molecule has 128 valence electrons. The summed E-state index contributed by atoms with van der Waals surface area (Å²) in [7, 11) is -3.38. The first-order valence-corrected chi connectivity index (χ1v) is 9.92. The van der Waals surface area contributed by atoms with Gasteiger partial charge in [0.2, 0.25) is 10.0 Å². The van der Waals surface area contributed by atoms with Crippen molar-refractivity contribution in [1.82, 2.24) is 4.31 Å². The summed E-state index contributed by atoms with van der Waals surface area (Å²) in [6, 6.07) is 14.9. The Bertz CT molecular complexity index is 798. The second-order valence-corrected chi connectivity index (χ2v) is 8.65. The van der Waals surface area contributed by atoms with Gasteiger partial charge in [0, 0.05) is 10.6 Å². The number of rotatable bonds is 4. The van der Waals surface area contributed by atoms with E-state index in [9.17, 15) is 8.42 Å². The Morgan fingerprint density at radius 2 is 1.75 bits per heavy atom. The van der Waals surface area contributed by atoms with Crippen LogP contribution in [-0.4, -0.2) is 38.9 Å². The smallest absolute Gasteiger partial charge is 0.243 e. The number of quaternary nitrogens is 1. The van der Waals surface area contributed by atoms with Crippen LogP contribution in [-0.2, 0) is 16.6 Å². The molecule has 1 heterocycles. The zero-order chi connectivity index (χ0) is 17.2. The van der Waals surface area contributed by atoms with Crippen LogP contribution in [0.1, 0.15) is 11.1 Å². The maximum absolute atomic E-state index is 12.7. The molecule has 0 saturated carbocycles. The van der Waals surface area contributed by atoms with E-state index in [0.717, 1.165) is 30.2 Å². The third-order valence-corrected chi connectivity index (χ3v) is 6.58. The molecule has 1 N–H and O–H groups in total. The predicted octanol–water partition coefficient (Wildman–Crippen LogP) is 1.74. The Morgan fingerprint density at radius 1 is 1.08 bits per heavy atom. The maximum atomic E-state index is 12.7. The van der Waals surface area contributed by atoms with Crippen LogP contribution in [0, 0.1) is 6.92 Å². The zero-order valence-corrected chi connectivity index (χ0v) is 15.3. The Kier molecular flexibility index (Phi) is 5.25. The number of hydrogen-bond donors (Lipinski definition) is 1. The highest BCUT2D eigenvalue weighted by molar-refractivity contribution is 7.89. The van der Waals surface area contributed by atoms with Crippen molar-refractivity contribution in [1.29, 1.82) is 0 Å². The molecule has 24 heavy (non-hydrogen) atoms. The Morgan fingerprint density at radius 3 is 2.38 bits per heavy atom. The molecule has 0 atom stereocenters. The summed E-state index contributed by atoms with van der Waals surface area (Å²) in [4.78, 5) is 1.76. The minimum atomic E-state index is -3.38. The van der Waals surface area contributed by atoms with Gasteiger partial charge in [-0.1, -0.05) is 41.4 Å². The van der Waals surface area contributed by atoms with E-state index in [-0.39, 0.29) is 0 Å². The fourth-order valence-electron chi connectivity index (χ4n) is 3.01. The molecule has 0 unspecified atom stereocenters. The molecular weight excluding hydrogens is 344 g/mol. The van der Waals surface area contributed by atoms with Crippen LogP contribution in [0.2, 0.25) is 5.02 Å². The normalized spacial score (nSPS) is 17.1. The summed E-state index contributed by atoms with van der Waals surface area (Å²) in [6.07, 6.45) is 0. The highest BCUT2D eigenvalue weighted by atomic mass is 35.5. The number of hydrogen-bond acceptors (Lipinski definition) is 2. The van der Waals surface area contributed by atoms with Gasteiger partial charge in [-0.15, -0.1) is 0 Å². The molecule has 0 amide bonds. The van der Waals surface area contributed by atoms with Crippen LogP contribution in [0.25, 0.3) is 0 Å². The van der Waals surface area contributed by atoms with Crippen LogP contribution in [0.15, 0.2) is 53.4 Å². The fraction of sp³-hybridized carbons (Fsp3) is 0.333. The highest BCUT2D eigenvalue weighted by Crippen LogP contribution is 2.16. The fourth-order valence-corrected chi connectivity index (χ4v) is 4.67. The van der Waals surface area contributed by atoms with E-state index < -0.39 is 10.0 Å². The molecular formula is C18H22ClN2O2S+. The number of nitrogens with one attached hydrogen (secondary N) is 1. The third-order valence-electron chi connectivity index (χ3n) is 4.43. The third kappa shape index (κ3) is 3.98. The van der Waals surface area contributed by atoms with Crippen LogP contribution >= 0.6 is 11.6 Å². The second-order valence-electron chi connectivity index (χ2n) is 6.27. The lowest BCUT2D eigenvalue weighted by Gasteiger charge is -2.31. The summed E-state index contributed by atoms with van der Waals surface area (Å²) in [5, 5.41) is 0.743. The van der Waals surface area contributed by atoms with Crippen molar-refractivity contribution in [2.45, 2.75) is 18.4 Å². The van der Waals surface area contributed by atoms with Gasteiger partial charge in [0.25, 0.3) is 0 Å². The number of aryl methyl sites for hydroxylation is 1. The molecule has 1 aliphatic heterocycles. The molecule has 6 heteroatoms. The Hall–Kier alpha value is -1.40. The Labute approximate surface area is 148 Å². The number of nitrogens with zero attached hydrogens (tertiary/aromatic N) is 1. The minimum absolute atomic E-state index is 0.381. The molecule has 2 aromatic carbocycles. The van der Waals surface area contributed by atoms with E-state index in [1.165, 1.54) is 10.5 Å². The molecule has 0 aliphatic carbocycles. The van der Waals surface area contributed by atoms with Crippen molar-refractivity contribution in [3.63, 3.8) is 0 Å². The zero-order valence-electron chi connectivity index (χ0n) is 13.7. The molecule has 2 aromatic rings. The van der Waals surface area contributed by atoms with E-state index in [1.54, 1.807) is 16.4 Å². The molecule has 0 radical (unpaired) electrons. The van der Waals surface area contributed by atoms with Crippen LogP contribution in [0.4, 0.5) is 0 Å². The van der Waals surface area contributed by atoms with E-state index in [2.05, 4.69) is 6.07 Å². The van der Waals surface area contributed by atoms with Crippen molar-refractivity contribution in [3.05, 3.63) is 64.7 Å². The van der Waals surface area contributed by atoms with E-state index in [0.29, 0.717) is 18.0 Å². The van der Waals surface area contributed by atoms with Gasteiger partial charge in [0.05, 0.1) is 31.1 Å². The molecule has 0 spiro atoms. The quantitative estimate of drug-likeness (QED) is 0.896. The number of benzene rings is 2. The first-order chi connectivity index (χ1) is 11.4. The van der Waals surface area contributed by atoms with Crippen molar-refractivity contribution in [3.8, 4) is 0 Å². The Balaban J connectivity index is 1.63. The lowest BCUT2D eigenvalue weighted by Crippen LogP contribution is -3.13. The van der Waals surface area contributed by atoms with Crippen molar-refractivity contribution in [2.75, 3.05) is 26.2 Å². The van der Waals surface area contributed by atoms with E-state index >= 15 is 0 Å². The SMILES string of the molecule is Cc1ccc(S(=O)(=O)N2CC[NH+](Cc3cccc(Cl)c3)CC2)cc1. The van der Waals surface area contributed by atoms with Gasteiger partial charge < -0.3 is 4.90 Å². The lowest BCUT2D eigenvalue weighted by molar-refractivity contribution is -0.917. The largest absolute Gasteiger partial charge is 0.329 e. The standard InChI is InChI=1S/C18H21ClN2O2S/c1-15-5-7-18(8-6-15)24(22,23)21-11-9-20(10-12-21)14-16-3-2-4-17(19)13-16/h2-8,13H,9-12,14H2,1H3/p+1. The first-order valence-electron chi connectivity index (χ1n) is 8.10. The summed E-state index contributed by atoms with van der Waals surface area (Å²) in [6.45, 7) is 5.53. The van der Waals surface area contributed by atoms with Gasteiger partial charge in [0.15, 0.2) is 0 Å². The van der Waals surface area contributed by atoms with Gasteiger partial charge in [-0.25, -0.2) is 8.42 Å². The second kappa shape index (κ2) is 7.23. The summed E-state index contributed by atoms with van der Waals surface area (Å²) < 4.78 is 27.0. The van der Waals surface area contributed by atoms with Gasteiger partial charge in [-0.2, -0.15) is 4.31 Å². The van der Waals surface area contributed by atoms with Gasteiger partial charge in [0.1, 0.15) is 6.54 Å². The van der Waals surface area contributed by atoms with Crippen LogP contribution in [0.3, 0.4) is 0 Å². The van der Waals surface area contributed by atoms with Crippen LogP contribution in [0.5, 0.6) is 0 Å². The molecule has 3 rings (SSSR count). The number of piperazine rings is 1. The van der Waals surface area contributed by atoms with E-state index in [1.807, 2.05) is 37.3 Å².